The molecule has 214 valence electrons. The van der Waals surface area contributed by atoms with Crippen LogP contribution in [0.3, 0.4) is 0 Å². The molecule has 7 nitrogen and oxygen atoms in total. The summed E-state index contributed by atoms with van der Waals surface area (Å²) in [7, 11) is -2.22. The zero-order chi connectivity index (χ0) is 29.1. The van der Waals surface area contributed by atoms with Crippen LogP contribution in [0.15, 0.2) is 83.8 Å². The number of aryl methyl sites for hydroxylation is 1. The SMILES string of the molecule is CCOc1cc(=O)n(C)cc1-c1cc(N(CC2CC2)S(=O)(=O)Cc2ccccc2)ccc1Oc1ccc(F)cc1F. The summed E-state index contributed by atoms with van der Waals surface area (Å²) in [6, 6.07) is 18.1. The molecule has 0 unspecified atom stereocenters. The van der Waals surface area contributed by atoms with Gasteiger partial charge in [-0.25, -0.2) is 17.2 Å². The van der Waals surface area contributed by atoms with Gasteiger partial charge in [-0.2, -0.15) is 0 Å². The Kier molecular flexibility index (Phi) is 8.12. The molecule has 0 aliphatic heterocycles. The topological polar surface area (TPSA) is 77.8 Å². The number of ether oxygens (including phenoxy) is 2. The molecule has 5 rings (SSSR count). The van der Waals surface area contributed by atoms with Gasteiger partial charge in [-0.15, -0.1) is 0 Å². The zero-order valence-corrected chi connectivity index (χ0v) is 23.5. The standard InChI is InChI=1S/C31H30F2N2O5S/c1-3-39-30-17-31(36)34(2)19-26(30)25-16-24(12-14-28(25)40-29-13-11-23(32)15-27(29)33)35(18-21-9-10-21)41(37,38)20-22-7-5-4-6-8-22/h4-8,11-17,19,21H,3,9-10,18,20H2,1-2H3. The van der Waals surface area contributed by atoms with Crippen LogP contribution in [0.5, 0.6) is 17.2 Å². The van der Waals surface area contributed by atoms with Crippen LogP contribution in [0.2, 0.25) is 0 Å². The van der Waals surface area contributed by atoms with Crippen molar-refractivity contribution in [1.82, 2.24) is 4.57 Å². The molecule has 1 fully saturated rings. The maximum absolute atomic E-state index is 14.6. The molecule has 4 aromatic rings. The molecule has 0 radical (unpaired) electrons. The summed E-state index contributed by atoms with van der Waals surface area (Å²) in [5, 5.41) is 0. The first kappa shape index (κ1) is 28.4. The van der Waals surface area contributed by atoms with Crippen molar-refractivity contribution in [1.29, 1.82) is 0 Å². The third-order valence-corrected chi connectivity index (χ3v) is 8.52. The van der Waals surface area contributed by atoms with E-state index in [4.69, 9.17) is 9.47 Å². The summed E-state index contributed by atoms with van der Waals surface area (Å²) in [5.74, 6) is -1.37. The number of hydrogen-bond donors (Lipinski definition) is 0. The number of halogens is 2. The normalized spacial score (nSPS) is 13.2. The van der Waals surface area contributed by atoms with Crippen molar-refractivity contribution in [2.24, 2.45) is 13.0 Å². The van der Waals surface area contributed by atoms with Gasteiger partial charge < -0.3 is 14.0 Å². The summed E-state index contributed by atoms with van der Waals surface area (Å²) < 4.78 is 70.1. The first-order chi connectivity index (χ1) is 19.6. The van der Waals surface area contributed by atoms with Gasteiger partial charge in [0.15, 0.2) is 11.6 Å². The van der Waals surface area contributed by atoms with Crippen molar-refractivity contribution in [3.63, 3.8) is 0 Å². The second-order valence-corrected chi connectivity index (χ2v) is 11.9. The fraction of sp³-hybridized carbons (Fsp3) is 0.258. The molecule has 0 bridgehead atoms. The second kappa shape index (κ2) is 11.7. The van der Waals surface area contributed by atoms with Crippen LogP contribution < -0.4 is 19.3 Å². The Morgan fingerprint density at radius 3 is 2.34 bits per heavy atom. The van der Waals surface area contributed by atoms with E-state index in [9.17, 15) is 22.0 Å². The number of pyridine rings is 1. The quantitative estimate of drug-likeness (QED) is 0.209. The number of nitrogens with zero attached hydrogens (tertiary/aromatic N) is 2. The zero-order valence-electron chi connectivity index (χ0n) is 22.7. The van der Waals surface area contributed by atoms with Crippen molar-refractivity contribution in [2.45, 2.75) is 25.5 Å². The predicted molar refractivity (Wildman–Crippen MR) is 154 cm³/mol. The molecule has 0 spiro atoms. The Bertz CT molecular complexity index is 1720. The lowest BCUT2D eigenvalue weighted by molar-refractivity contribution is 0.340. The molecule has 1 aliphatic carbocycles. The van der Waals surface area contributed by atoms with E-state index >= 15 is 0 Å². The number of benzene rings is 3. The Balaban J connectivity index is 1.65. The molecule has 0 saturated heterocycles. The number of rotatable bonds is 11. The van der Waals surface area contributed by atoms with Crippen LogP contribution in [0.25, 0.3) is 11.1 Å². The molecule has 1 aromatic heterocycles. The molecule has 10 heteroatoms. The summed E-state index contributed by atoms with van der Waals surface area (Å²) in [4.78, 5) is 12.4. The molecule has 0 atom stereocenters. The van der Waals surface area contributed by atoms with Crippen molar-refractivity contribution in [2.75, 3.05) is 17.5 Å². The van der Waals surface area contributed by atoms with E-state index in [1.165, 1.54) is 21.0 Å². The van der Waals surface area contributed by atoms with Gasteiger partial charge in [-0.05, 0) is 61.6 Å². The van der Waals surface area contributed by atoms with Gasteiger partial charge in [0.25, 0.3) is 5.56 Å². The fourth-order valence-electron chi connectivity index (χ4n) is 4.52. The number of anilines is 1. The summed E-state index contributed by atoms with van der Waals surface area (Å²) >= 11 is 0. The summed E-state index contributed by atoms with van der Waals surface area (Å²) in [6.07, 6.45) is 3.43. The van der Waals surface area contributed by atoms with Gasteiger partial charge in [0.1, 0.15) is 17.3 Å². The maximum atomic E-state index is 14.6. The minimum Gasteiger partial charge on any atom is -0.493 e. The number of aromatic nitrogens is 1. The Labute approximate surface area is 237 Å². The Morgan fingerprint density at radius 2 is 1.66 bits per heavy atom. The average Bonchev–Trinajstić information content (AvgIpc) is 3.76. The number of hydrogen-bond acceptors (Lipinski definition) is 5. The lowest BCUT2D eigenvalue weighted by Crippen LogP contribution is -2.34. The molecule has 0 N–H and O–H groups in total. The van der Waals surface area contributed by atoms with Crippen LogP contribution in [0.4, 0.5) is 14.5 Å². The molecular formula is C31H30F2N2O5S. The monoisotopic (exact) mass is 580 g/mol. The average molecular weight is 581 g/mol. The van der Waals surface area contributed by atoms with Crippen molar-refractivity contribution < 1.29 is 26.7 Å². The minimum absolute atomic E-state index is 0.172. The van der Waals surface area contributed by atoms with E-state index in [-0.39, 0.29) is 41.1 Å². The summed E-state index contributed by atoms with van der Waals surface area (Å²) in [5.41, 5.74) is 1.57. The smallest absolute Gasteiger partial charge is 0.254 e. The van der Waals surface area contributed by atoms with Crippen LogP contribution in [-0.4, -0.2) is 26.1 Å². The molecule has 41 heavy (non-hydrogen) atoms. The first-order valence-electron chi connectivity index (χ1n) is 13.3. The third kappa shape index (κ3) is 6.59. The van der Waals surface area contributed by atoms with Crippen molar-refractivity contribution in [3.05, 3.63) is 107 Å². The van der Waals surface area contributed by atoms with E-state index in [0.717, 1.165) is 25.0 Å². The molecule has 1 heterocycles. The minimum atomic E-state index is -3.80. The van der Waals surface area contributed by atoms with E-state index in [1.807, 2.05) is 6.07 Å². The third-order valence-electron chi connectivity index (χ3n) is 6.79. The predicted octanol–water partition coefficient (Wildman–Crippen LogP) is 6.27. The van der Waals surface area contributed by atoms with Crippen LogP contribution in [0, 0.1) is 17.6 Å². The highest BCUT2D eigenvalue weighted by atomic mass is 32.2. The molecule has 1 aliphatic rings. The van der Waals surface area contributed by atoms with Gasteiger partial charge in [0, 0.05) is 43.0 Å². The van der Waals surface area contributed by atoms with E-state index in [1.54, 1.807) is 62.6 Å². The highest BCUT2D eigenvalue weighted by Gasteiger charge is 2.32. The highest BCUT2D eigenvalue weighted by molar-refractivity contribution is 7.92. The van der Waals surface area contributed by atoms with Gasteiger partial charge >= 0.3 is 0 Å². The summed E-state index contributed by atoms with van der Waals surface area (Å²) in [6.45, 7) is 2.35. The highest BCUT2D eigenvalue weighted by Crippen LogP contribution is 2.42. The fourth-order valence-corrected chi connectivity index (χ4v) is 6.16. The Morgan fingerprint density at radius 1 is 0.927 bits per heavy atom. The van der Waals surface area contributed by atoms with Crippen LogP contribution in [0.1, 0.15) is 25.3 Å². The number of sulfonamides is 1. The van der Waals surface area contributed by atoms with Crippen molar-refractivity contribution >= 4 is 15.7 Å². The maximum Gasteiger partial charge on any atom is 0.254 e. The van der Waals surface area contributed by atoms with E-state index in [2.05, 4.69) is 0 Å². The lowest BCUT2D eigenvalue weighted by atomic mass is 10.0. The molecular weight excluding hydrogens is 550 g/mol. The molecule has 3 aromatic carbocycles. The van der Waals surface area contributed by atoms with Crippen molar-refractivity contribution in [3.8, 4) is 28.4 Å². The lowest BCUT2D eigenvalue weighted by Gasteiger charge is -2.26. The molecule has 0 amide bonds. The van der Waals surface area contributed by atoms with Gasteiger partial charge in [-0.3, -0.25) is 9.10 Å². The van der Waals surface area contributed by atoms with Gasteiger partial charge in [0.05, 0.1) is 18.0 Å². The van der Waals surface area contributed by atoms with Gasteiger partial charge in [0.2, 0.25) is 10.0 Å². The van der Waals surface area contributed by atoms with E-state index < -0.39 is 21.7 Å². The molecule has 1 saturated carbocycles. The van der Waals surface area contributed by atoms with Crippen LogP contribution >= 0.6 is 0 Å². The second-order valence-electron chi connectivity index (χ2n) is 10.0. The van der Waals surface area contributed by atoms with E-state index in [0.29, 0.717) is 28.9 Å². The Hall–Kier alpha value is -4.18. The largest absolute Gasteiger partial charge is 0.493 e. The first-order valence-corrected chi connectivity index (χ1v) is 14.9. The van der Waals surface area contributed by atoms with Gasteiger partial charge in [-0.1, -0.05) is 30.3 Å². The van der Waals surface area contributed by atoms with Crippen LogP contribution in [-0.2, 0) is 22.8 Å².